The number of halogens is 1. The first-order chi connectivity index (χ1) is 1.41. The second-order valence-electron chi connectivity index (χ2n) is 0.289. The average Bonchev–Trinajstić information content (AvgIpc) is 0.918. The van der Waals surface area contributed by atoms with Crippen LogP contribution in [-0.2, 0) is 20.4 Å². The van der Waals surface area contributed by atoms with Crippen molar-refractivity contribution in [2.24, 2.45) is 0 Å². The summed E-state index contributed by atoms with van der Waals surface area (Å²) in [6.45, 7) is 6.50. The third-order valence-electron chi connectivity index (χ3n) is 0. The number of hydrogen-bond acceptors (Lipinski definition) is 0. The monoisotopic (exact) mass is 183 g/mol. The maximum Gasteiger partial charge on any atom is 0 e. The van der Waals surface area contributed by atoms with Gasteiger partial charge in [-0.1, -0.05) is 0 Å². The molecule has 0 saturated heterocycles. The first-order valence-corrected chi connectivity index (χ1v) is 0.816. The second kappa shape index (κ2) is 23.7. The molecule has 0 atom stereocenters. The summed E-state index contributed by atoms with van der Waals surface area (Å²) >= 11 is 0. The van der Waals surface area contributed by atoms with E-state index in [-0.39, 0.29) is 32.8 Å². The molecule has 0 rings (SSSR count). The van der Waals surface area contributed by atoms with Crippen LogP contribution in [0.2, 0.25) is 0 Å². The molecule has 0 bridgehead atoms. The van der Waals surface area contributed by atoms with E-state index in [0.29, 0.717) is 0 Å². The summed E-state index contributed by atoms with van der Waals surface area (Å²) in [7, 11) is 0. The summed E-state index contributed by atoms with van der Waals surface area (Å²) in [6.07, 6.45) is 1.50. The Kier molecular flexibility index (Phi) is 83.7. The van der Waals surface area contributed by atoms with E-state index < -0.39 is 0 Å². The Morgan fingerprint density at radius 1 is 1.60 bits per heavy atom. The summed E-state index contributed by atoms with van der Waals surface area (Å²) in [4.78, 5) is 0. The Balaban J connectivity index is -0.0000000200. The zero-order valence-corrected chi connectivity index (χ0v) is 5.09. The Labute approximate surface area is 52.7 Å². The van der Waals surface area contributed by atoms with Crippen molar-refractivity contribution in [2.75, 3.05) is 0 Å². The van der Waals surface area contributed by atoms with Crippen molar-refractivity contribution in [1.29, 1.82) is 0 Å². The van der Waals surface area contributed by atoms with Crippen molar-refractivity contribution in [3.05, 3.63) is 19.6 Å². The van der Waals surface area contributed by atoms with Gasteiger partial charge in [-0.3, -0.25) is 0 Å². The van der Waals surface area contributed by atoms with Crippen LogP contribution >= 0.6 is 12.4 Å². The van der Waals surface area contributed by atoms with Crippen LogP contribution in [0.4, 0.5) is 0 Å². The molecule has 0 saturated carbocycles. The maximum atomic E-state index is 3.25. The van der Waals surface area contributed by atoms with Crippen LogP contribution in [0.15, 0.2) is 12.7 Å². The van der Waals surface area contributed by atoms with E-state index in [1.165, 1.54) is 6.08 Å². The van der Waals surface area contributed by atoms with Gasteiger partial charge in [-0.25, -0.2) is 19.6 Å². The molecule has 5 heavy (non-hydrogen) atoms. The Morgan fingerprint density at radius 2 is 1.60 bits per heavy atom. The van der Waals surface area contributed by atoms with E-state index in [1.54, 1.807) is 0 Å². The first kappa shape index (κ1) is 17.6. The molecule has 0 aliphatic rings. The third-order valence-corrected chi connectivity index (χ3v) is 0. The smallest absolute Gasteiger partial charge is 0 e. The minimum atomic E-state index is 0. The van der Waals surface area contributed by atoms with Crippen LogP contribution in [-0.4, -0.2) is 0 Å². The van der Waals surface area contributed by atoms with E-state index in [2.05, 4.69) is 13.5 Å². The predicted octanol–water partition coefficient (Wildman–Crippen LogP) is 1.43. The maximum absolute atomic E-state index is 3.25. The largest absolute Gasteiger partial charge is 0.245 e. The van der Waals surface area contributed by atoms with E-state index in [9.17, 15) is 0 Å². The summed E-state index contributed by atoms with van der Waals surface area (Å²) in [5, 5.41) is 0. The molecule has 2 heteroatoms. The molecule has 0 aromatic heterocycles. The molecule has 36 valence electrons. The van der Waals surface area contributed by atoms with E-state index in [0.717, 1.165) is 0 Å². The quantitative estimate of drug-likeness (QED) is 0.394. The zero-order chi connectivity index (χ0) is 2.71. The van der Waals surface area contributed by atoms with Crippen LogP contribution in [0.1, 0.15) is 0 Å². The molecule has 0 amide bonds. The summed E-state index contributed by atoms with van der Waals surface area (Å²) in [6, 6.07) is 0. The van der Waals surface area contributed by atoms with Crippen molar-refractivity contribution in [3.8, 4) is 0 Å². The van der Waals surface area contributed by atoms with Crippen molar-refractivity contribution >= 4 is 12.4 Å². The molecule has 0 heterocycles. The van der Waals surface area contributed by atoms with Crippen LogP contribution in [0, 0.1) is 6.92 Å². The Bertz CT molecular complexity index is 14.4. The predicted molar refractivity (Wildman–Crippen MR) is 22.8 cm³/mol. The molecule has 0 aliphatic carbocycles. The van der Waals surface area contributed by atoms with Gasteiger partial charge >= 0.3 is 0 Å². The number of allylic oxidation sites excluding steroid dienone is 1. The average molecular weight is 184 g/mol. The number of rotatable bonds is 0. The molecule has 0 fully saturated rings. The van der Waals surface area contributed by atoms with Gasteiger partial charge in [0.15, 0.2) is 0 Å². The van der Waals surface area contributed by atoms with Gasteiger partial charge in [-0.2, -0.15) is 0 Å². The summed E-state index contributed by atoms with van der Waals surface area (Å²) in [5.41, 5.74) is 0. The molecular weight excluding hydrogens is 178 g/mol. The normalized spacial score (nSPS) is 2.40. The van der Waals surface area contributed by atoms with Gasteiger partial charge in [0.05, 0.1) is 0 Å². The topological polar surface area (TPSA) is 0 Å². The fraction of sp³-hybridized carbons (Fsp3) is 0. The van der Waals surface area contributed by atoms with Crippen LogP contribution in [0.3, 0.4) is 0 Å². The van der Waals surface area contributed by atoms with Crippen molar-refractivity contribution in [1.82, 2.24) is 0 Å². The van der Waals surface area contributed by atoms with Gasteiger partial charge in [0.2, 0.25) is 0 Å². The Hall–Kier alpha value is 0.562. The van der Waals surface area contributed by atoms with Gasteiger partial charge < -0.3 is 0 Å². The molecule has 0 aromatic carbocycles. The minimum absolute atomic E-state index is 0. The van der Waals surface area contributed by atoms with Crippen LogP contribution in [0.25, 0.3) is 0 Å². The molecule has 0 spiro atoms. The zero-order valence-electron chi connectivity index (χ0n) is 2.72. The second-order valence-corrected chi connectivity index (χ2v) is 0.289. The molecule has 0 nitrogen and oxygen atoms in total. The van der Waals surface area contributed by atoms with E-state index in [1.807, 2.05) is 0 Å². The molecule has 0 radical (unpaired) electrons. The third kappa shape index (κ3) is 94.7. The van der Waals surface area contributed by atoms with Crippen molar-refractivity contribution in [3.63, 3.8) is 0 Å². The number of hydrogen-bond donors (Lipinski definition) is 0. The van der Waals surface area contributed by atoms with E-state index in [4.69, 9.17) is 0 Å². The van der Waals surface area contributed by atoms with Crippen molar-refractivity contribution in [2.45, 2.75) is 0 Å². The fourth-order valence-corrected chi connectivity index (χ4v) is 0. The van der Waals surface area contributed by atoms with Gasteiger partial charge in [0.25, 0.3) is 0 Å². The summed E-state index contributed by atoms with van der Waals surface area (Å²) in [5.74, 6) is 0. The summed E-state index contributed by atoms with van der Waals surface area (Å²) < 4.78 is 0. The molecular formula is C3H6ClPd-. The first-order valence-electron chi connectivity index (χ1n) is 0.816. The standard InChI is InChI=1S/C3H5.ClH.Pd/c1-3-2;;/h3H,1-2H2;1H;/q-1;;. The van der Waals surface area contributed by atoms with Gasteiger partial charge in [0.1, 0.15) is 0 Å². The molecule has 0 aliphatic heterocycles. The molecule has 0 unspecified atom stereocenters. The fourth-order valence-electron chi connectivity index (χ4n) is 0. The Morgan fingerprint density at radius 3 is 1.60 bits per heavy atom. The SMILES string of the molecule is C=C[CH2-].Cl.[Pd]. The van der Waals surface area contributed by atoms with Crippen LogP contribution < -0.4 is 0 Å². The van der Waals surface area contributed by atoms with Crippen LogP contribution in [0.5, 0.6) is 0 Å². The molecule has 0 N–H and O–H groups in total. The van der Waals surface area contributed by atoms with Gasteiger partial charge in [-0.15, -0.1) is 12.4 Å². The van der Waals surface area contributed by atoms with E-state index >= 15 is 0 Å². The van der Waals surface area contributed by atoms with Gasteiger partial charge in [-0.05, 0) is 0 Å². The van der Waals surface area contributed by atoms with Gasteiger partial charge in [0, 0.05) is 20.4 Å². The minimum Gasteiger partial charge on any atom is -0.245 e. The molecule has 0 aromatic rings. The van der Waals surface area contributed by atoms with Crippen molar-refractivity contribution < 1.29 is 20.4 Å².